The van der Waals surface area contributed by atoms with E-state index in [-0.39, 0.29) is 80.5 Å². The van der Waals surface area contributed by atoms with Crippen LogP contribution in [0, 0.1) is 5.92 Å². The molecule has 7 N–H and O–H groups in total. The normalized spacial score (nSPS) is 17.2. The highest BCUT2D eigenvalue weighted by molar-refractivity contribution is 7.86. The Kier molecular flexibility index (Phi) is 27.9. The summed E-state index contributed by atoms with van der Waals surface area (Å²) in [6, 6.07) is 29.9. The van der Waals surface area contributed by atoms with Gasteiger partial charge in [-0.2, -0.15) is 21.4 Å². The molecular weight excluding hydrogens is 1250 g/mol. The van der Waals surface area contributed by atoms with Gasteiger partial charge in [0.2, 0.25) is 11.6 Å². The van der Waals surface area contributed by atoms with Gasteiger partial charge in [0.1, 0.15) is 29.9 Å². The van der Waals surface area contributed by atoms with Gasteiger partial charge in [-0.15, -0.1) is 0 Å². The second kappa shape index (κ2) is 35.6. The van der Waals surface area contributed by atoms with E-state index in [2.05, 4.69) is 94.8 Å². The van der Waals surface area contributed by atoms with Gasteiger partial charge in [0.05, 0.1) is 28.9 Å². The number of carboxylic acid groups (broad SMARTS) is 2. The lowest BCUT2D eigenvalue weighted by Gasteiger charge is -2.24. The van der Waals surface area contributed by atoms with Crippen LogP contribution in [0.1, 0.15) is 171 Å². The fourth-order valence-corrected chi connectivity index (χ4v) is 13.9. The van der Waals surface area contributed by atoms with E-state index in [0.29, 0.717) is 81.7 Å². The van der Waals surface area contributed by atoms with Crippen LogP contribution >= 0.6 is 0 Å². The number of Topliss-reactive ketones (excluding diaryl/α,β-unsaturated/α-hetero) is 2. The Balaban J connectivity index is 1.05. The third-order valence-corrected chi connectivity index (χ3v) is 19.5. The number of para-hydroxylation sites is 2. The fourth-order valence-electron chi connectivity index (χ4n) is 12.8. The number of urea groups is 1. The van der Waals surface area contributed by atoms with Crippen LogP contribution in [0.25, 0.3) is 0 Å². The molecule has 0 aromatic heterocycles. The molecule has 22 heteroatoms. The van der Waals surface area contributed by atoms with Gasteiger partial charge in [-0.3, -0.25) is 28.3 Å². The largest absolute Gasteiger partial charge is 0.481 e. The maximum atomic E-state index is 14.2. The summed E-state index contributed by atoms with van der Waals surface area (Å²) in [5.74, 6) is -3.79. The number of allylic oxidation sites excluding steroid dienone is 7. The topological polar surface area (TPSA) is 303 Å². The minimum absolute atomic E-state index is 0.00205. The minimum atomic E-state index is -4.13. The maximum Gasteiger partial charge on any atom is 0.326 e. The summed E-state index contributed by atoms with van der Waals surface area (Å²) in [6.07, 6.45) is 16.9. The number of ketones is 2. The van der Waals surface area contributed by atoms with Crippen LogP contribution in [-0.2, 0) is 62.5 Å². The van der Waals surface area contributed by atoms with Gasteiger partial charge in [0.25, 0.3) is 20.2 Å². The van der Waals surface area contributed by atoms with Gasteiger partial charge in [-0.05, 0) is 150 Å². The third kappa shape index (κ3) is 22.8. The summed E-state index contributed by atoms with van der Waals surface area (Å²) < 4.78 is 74.8. The van der Waals surface area contributed by atoms with E-state index in [1.165, 1.54) is 0 Å². The quantitative estimate of drug-likeness (QED) is 0.0124. The highest BCUT2D eigenvalue weighted by Crippen LogP contribution is 2.45. The number of aliphatic carboxylic acids is 2. The molecule has 95 heavy (non-hydrogen) atoms. The summed E-state index contributed by atoms with van der Waals surface area (Å²) in [7, 11) is -8.25. The van der Waals surface area contributed by atoms with Gasteiger partial charge >= 0.3 is 18.0 Å². The van der Waals surface area contributed by atoms with Crippen molar-refractivity contribution in [3.8, 4) is 5.75 Å². The van der Waals surface area contributed by atoms with Crippen LogP contribution in [0.15, 0.2) is 150 Å². The Bertz CT molecular complexity index is 3750. The molecule has 0 spiro atoms. The standard InChI is InChI=1S/C73H93N5O15S2/c1-5-74-72(86)76-61(71(84)85)41-38-57(79)28-13-8-6-7-9-14-33-68(81)75-62(49-52-24-11-10-12-25-52)66(80)50-56(70(82)83)48-53-34-39-58(40-35-53)93-69-54(36-42-63-51(2)59-29-15-17-31-64(59)77(63)44-19-21-46-94(87,88)89)26-23-27-55(69)37-43-67-73(3,4)60-30-16-18-32-65(60)78(67)45-20-22-47-95(90,91)92/h10-12,15-18,24-25,29-32,34-37,39-40,42-43,51,56,61-62H,5-9,13-14,19-23,26-28,33,38,41,44-50H2,1-4H3,(H6-,74,75,76,81,82,83,84,85,86,87,88,89,90,91,92)/p+1/t51?,56-,61+,62+/m1/s1. The Hall–Kier alpha value is -8.05. The molecular formula is C73H94N5O15S2+. The van der Waals surface area contributed by atoms with Crippen molar-refractivity contribution >= 4 is 72.8 Å². The van der Waals surface area contributed by atoms with Gasteiger partial charge in [-0.1, -0.05) is 118 Å². The molecule has 2 heterocycles. The Labute approximate surface area is 559 Å². The van der Waals surface area contributed by atoms with Crippen molar-refractivity contribution in [1.82, 2.24) is 16.0 Å². The number of fused-ring (bicyclic) bond motifs is 2. The molecule has 0 saturated carbocycles. The number of nitrogens with zero attached hydrogens (tertiary/aromatic N) is 2. The molecule has 4 atom stereocenters. The molecule has 20 nitrogen and oxygen atoms in total. The van der Waals surface area contributed by atoms with Crippen LogP contribution in [0.2, 0.25) is 0 Å². The van der Waals surface area contributed by atoms with E-state index in [1.54, 1.807) is 31.2 Å². The zero-order valence-electron chi connectivity index (χ0n) is 55.1. The summed E-state index contributed by atoms with van der Waals surface area (Å²) in [6.45, 7) is 9.55. The fraction of sp³-hybridized carbons (Fsp3) is 0.466. The molecule has 7 rings (SSSR count). The first-order chi connectivity index (χ1) is 45.3. The first kappa shape index (κ1) is 74.3. The highest BCUT2D eigenvalue weighted by Gasteiger charge is 2.44. The van der Waals surface area contributed by atoms with E-state index in [9.17, 15) is 64.9 Å². The monoisotopic (exact) mass is 1340 g/mol. The number of hydrogen-bond acceptors (Lipinski definition) is 12. The van der Waals surface area contributed by atoms with Crippen molar-refractivity contribution in [2.24, 2.45) is 5.92 Å². The molecule has 0 saturated heterocycles. The predicted molar refractivity (Wildman–Crippen MR) is 367 cm³/mol. The SMILES string of the molecule is CCNC(=O)N[C@@H](CCC(=O)CCCCCCCCC(=O)N[C@@H](Cc1ccccc1)C(=O)C[C@@H](Cc1ccc(OC2=C(/C=C/C3=[N+](CCCCS(=O)(=O)O)c4ccccc4C3(C)C)CCC/C2=C\C=C2/C(C)c3ccccc3N2CCCCS(=O)(=O)O)cc1)C(=O)O)C(=O)O. The lowest BCUT2D eigenvalue weighted by Crippen LogP contribution is -2.46. The van der Waals surface area contributed by atoms with Crippen LogP contribution in [-0.4, -0.2) is 125 Å². The minimum Gasteiger partial charge on any atom is -0.481 e. The average molecular weight is 1350 g/mol. The van der Waals surface area contributed by atoms with Crippen molar-refractivity contribution < 1.29 is 74.2 Å². The van der Waals surface area contributed by atoms with Crippen molar-refractivity contribution in [3.05, 3.63) is 172 Å². The molecule has 3 aliphatic rings. The van der Waals surface area contributed by atoms with Crippen LogP contribution < -0.4 is 25.6 Å². The van der Waals surface area contributed by atoms with Crippen molar-refractivity contribution in [2.75, 3.05) is 36.0 Å². The van der Waals surface area contributed by atoms with E-state index in [0.717, 1.165) is 82.7 Å². The number of anilines is 1. The Morgan fingerprint density at radius 3 is 2.01 bits per heavy atom. The van der Waals surface area contributed by atoms with E-state index in [1.807, 2.05) is 54.6 Å². The maximum absolute atomic E-state index is 14.2. The van der Waals surface area contributed by atoms with Crippen molar-refractivity contribution in [2.45, 2.75) is 180 Å². The summed E-state index contributed by atoms with van der Waals surface area (Å²) in [4.78, 5) is 78.7. The number of hydrogen-bond donors (Lipinski definition) is 7. The van der Waals surface area contributed by atoms with E-state index in [4.69, 9.17) is 4.74 Å². The van der Waals surface area contributed by atoms with Crippen LogP contribution in [0.4, 0.5) is 16.2 Å². The molecule has 4 aromatic rings. The number of amides is 3. The molecule has 1 aliphatic carbocycles. The second-order valence-corrected chi connectivity index (χ2v) is 28.6. The zero-order chi connectivity index (χ0) is 68.7. The molecule has 4 aromatic carbocycles. The number of carbonyl (C=O) groups is 6. The third-order valence-electron chi connectivity index (χ3n) is 17.9. The summed E-state index contributed by atoms with van der Waals surface area (Å²) >= 11 is 0. The first-order valence-corrected chi connectivity index (χ1v) is 36.5. The van der Waals surface area contributed by atoms with Gasteiger partial charge in [0, 0.05) is 80.2 Å². The second-order valence-electron chi connectivity index (χ2n) is 25.5. The first-order valence-electron chi connectivity index (χ1n) is 33.3. The molecule has 3 amide bonds. The number of ether oxygens (including phenoxy) is 1. The van der Waals surface area contributed by atoms with E-state index >= 15 is 0 Å². The molecule has 0 radical (unpaired) electrons. The molecule has 2 aliphatic heterocycles. The number of carbonyl (C=O) groups excluding carboxylic acids is 4. The number of benzene rings is 4. The average Bonchev–Trinajstić information content (AvgIpc) is 1.61. The number of nitrogens with one attached hydrogen (secondary N) is 3. The zero-order valence-corrected chi connectivity index (χ0v) is 56.7. The summed E-state index contributed by atoms with van der Waals surface area (Å²) in [5.41, 5.74) is 9.21. The number of carboxylic acids is 2. The van der Waals surface area contributed by atoms with Crippen molar-refractivity contribution in [3.63, 3.8) is 0 Å². The number of unbranched alkanes of at least 4 members (excludes halogenated alkanes) is 7. The van der Waals surface area contributed by atoms with Gasteiger partial charge < -0.3 is 35.8 Å². The predicted octanol–water partition coefficient (Wildman–Crippen LogP) is 12.1. The smallest absolute Gasteiger partial charge is 0.326 e. The summed E-state index contributed by atoms with van der Waals surface area (Å²) in [5, 5.41) is 27.8. The van der Waals surface area contributed by atoms with E-state index < -0.39 is 67.4 Å². The van der Waals surface area contributed by atoms with Gasteiger partial charge in [-0.25, -0.2) is 9.59 Å². The lowest BCUT2D eigenvalue weighted by molar-refractivity contribution is -0.438. The number of rotatable bonds is 39. The lowest BCUT2D eigenvalue weighted by atomic mass is 9.81. The molecule has 0 fully saturated rings. The van der Waals surface area contributed by atoms with Crippen LogP contribution in [0.5, 0.6) is 5.75 Å². The Morgan fingerprint density at radius 2 is 1.33 bits per heavy atom. The van der Waals surface area contributed by atoms with Crippen LogP contribution in [0.3, 0.4) is 0 Å². The molecule has 1 unspecified atom stereocenters. The van der Waals surface area contributed by atoms with Gasteiger partial charge in [0.15, 0.2) is 11.5 Å². The van der Waals surface area contributed by atoms with Crippen molar-refractivity contribution in [1.29, 1.82) is 0 Å². The molecule has 512 valence electrons. The Morgan fingerprint density at radius 1 is 0.684 bits per heavy atom. The molecule has 0 bridgehead atoms. The highest BCUT2D eigenvalue weighted by atomic mass is 32.2.